The van der Waals surface area contributed by atoms with Gasteiger partial charge in [-0.3, -0.25) is 18.6 Å². The molecule has 0 saturated carbocycles. The predicted molar refractivity (Wildman–Crippen MR) is 130 cm³/mol. The van der Waals surface area contributed by atoms with Gasteiger partial charge in [-0.15, -0.1) is 21.5 Å². The fraction of sp³-hybridized carbons (Fsp3) is 0.217. The predicted octanol–water partition coefficient (Wildman–Crippen LogP) is 4.60. The maximum atomic E-state index is 13.1. The van der Waals surface area contributed by atoms with E-state index in [2.05, 4.69) is 29.4 Å². The number of hydrogen-bond donors (Lipinski definition) is 1. The number of carbonyl (C=O) groups is 1. The van der Waals surface area contributed by atoms with Crippen LogP contribution in [0.3, 0.4) is 0 Å². The molecule has 0 spiro atoms. The van der Waals surface area contributed by atoms with Crippen molar-refractivity contribution in [2.24, 2.45) is 0 Å². The molecule has 0 radical (unpaired) electrons. The van der Waals surface area contributed by atoms with Crippen molar-refractivity contribution >= 4 is 50.7 Å². The number of rotatable bonds is 7. The molecule has 33 heavy (non-hydrogen) atoms. The topological polar surface area (TPSA) is 94.4 Å². The summed E-state index contributed by atoms with van der Waals surface area (Å²) in [5.41, 5.74) is 2.56. The third kappa shape index (κ3) is 4.19. The van der Waals surface area contributed by atoms with E-state index >= 15 is 0 Å². The first-order valence-electron chi connectivity index (χ1n) is 10.4. The Balaban J connectivity index is 1.40. The van der Waals surface area contributed by atoms with Crippen LogP contribution in [0.2, 0.25) is 0 Å². The van der Waals surface area contributed by atoms with E-state index in [1.165, 1.54) is 28.7 Å². The fourth-order valence-electron chi connectivity index (χ4n) is 3.57. The van der Waals surface area contributed by atoms with Gasteiger partial charge in [-0.1, -0.05) is 37.7 Å². The zero-order valence-electron chi connectivity index (χ0n) is 18.0. The minimum absolute atomic E-state index is 0.139. The Hall–Kier alpha value is -3.37. The van der Waals surface area contributed by atoms with Crippen LogP contribution in [0.5, 0.6) is 0 Å². The van der Waals surface area contributed by atoms with Crippen LogP contribution in [0.4, 0.5) is 5.69 Å². The Morgan fingerprint density at radius 2 is 2.00 bits per heavy atom. The normalized spacial score (nSPS) is 11.6. The van der Waals surface area contributed by atoms with Gasteiger partial charge < -0.3 is 9.73 Å². The van der Waals surface area contributed by atoms with E-state index < -0.39 is 0 Å². The Labute approximate surface area is 197 Å². The van der Waals surface area contributed by atoms with Crippen LogP contribution in [0.1, 0.15) is 31.1 Å². The van der Waals surface area contributed by atoms with Gasteiger partial charge in [0.1, 0.15) is 10.5 Å². The number of furan rings is 1. The van der Waals surface area contributed by atoms with Gasteiger partial charge in [0.25, 0.3) is 5.56 Å². The van der Waals surface area contributed by atoms with Gasteiger partial charge in [0.15, 0.2) is 5.16 Å². The first-order chi connectivity index (χ1) is 16.0. The number of carbonyl (C=O) groups excluding carboxylic acids is 1. The molecule has 4 heterocycles. The van der Waals surface area contributed by atoms with Crippen molar-refractivity contribution in [1.29, 1.82) is 0 Å². The van der Waals surface area contributed by atoms with E-state index in [4.69, 9.17) is 4.42 Å². The number of nitrogens with zero attached hydrogens (tertiary/aromatic N) is 4. The Kier molecular flexibility index (Phi) is 5.77. The van der Waals surface area contributed by atoms with Crippen LogP contribution < -0.4 is 10.9 Å². The maximum Gasteiger partial charge on any atom is 0.273 e. The molecule has 0 aliphatic rings. The molecule has 0 aliphatic heterocycles. The molecule has 0 aliphatic carbocycles. The van der Waals surface area contributed by atoms with E-state index in [1.54, 1.807) is 16.9 Å². The van der Waals surface area contributed by atoms with Crippen molar-refractivity contribution in [1.82, 2.24) is 19.2 Å². The third-order valence-electron chi connectivity index (χ3n) is 5.27. The number of anilines is 1. The molecule has 0 saturated heterocycles. The molecular weight excluding hydrogens is 458 g/mol. The summed E-state index contributed by atoms with van der Waals surface area (Å²) in [6, 6.07) is 13.3. The number of amides is 1. The number of aromatic nitrogens is 4. The molecule has 5 rings (SSSR count). The molecule has 10 heteroatoms. The standard InChI is InChI=1S/C23H21N5O3S2/c1-14(2)15-5-7-16(8-6-15)24-19(29)13-33-23-26-25-22-27(12-17-4-3-10-31-17)21(30)20-18(28(22)23)9-11-32-20/h3-11,14H,12-13H2,1-2H3,(H,24,29). The molecule has 0 atom stereocenters. The van der Waals surface area contributed by atoms with Gasteiger partial charge in [0, 0.05) is 5.69 Å². The number of hydrogen-bond acceptors (Lipinski definition) is 7. The zero-order chi connectivity index (χ0) is 22.9. The monoisotopic (exact) mass is 479 g/mol. The average Bonchev–Trinajstić information content (AvgIpc) is 3.56. The number of thiophene rings is 1. The highest BCUT2D eigenvalue weighted by Gasteiger charge is 2.19. The minimum Gasteiger partial charge on any atom is -0.467 e. The summed E-state index contributed by atoms with van der Waals surface area (Å²) in [6.45, 7) is 4.51. The van der Waals surface area contributed by atoms with Crippen LogP contribution in [0.25, 0.3) is 16.0 Å². The first-order valence-corrected chi connectivity index (χ1v) is 12.3. The molecule has 1 aromatic carbocycles. The summed E-state index contributed by atoms with van der Waals surface area (Å²) in [5.74, 6) is 1.52. The largest absolute Gasteiger partial charge is 0.467 e. The number of benzene rings is 1. The molecule has 0 unspecified atom stereocenters. The van der Waals surface area contributed by atoms with Gasteiger partial charge in [-0.25, -0.2) is 0 Å². The summed E-state index contributed by atoms with van der Waals surface area (Å²) in [6.07, 6.45) is 1.57. The van der Waals surface area contributed by atoms with Gasteiger partial charge >= 0.3 is 0 Å². The second-order valence-corrected chi connectivity index (χ2v) is 9.70. The minimum atomic E-state index is -0.143. The highest BCUT2D eigenvalue weighted by molar-refractivity contribution is 7.99. The van der Waals surface area contributed by atoms with Crippen molar-refractivity contribution in [3.63, 3.8) is 0 Å². The number of fused-ring (bicyclic) bond motifs is 3. The lowest BCUT2D eigenvalue weighted by Crippen LogP contribution is -2.23. The lowest BCUT2D eigenvalue weighted by molar-refractivity contribution is -0.113. The van der Waals surface area contributed by atoms with Crippen LogP contribution in [-0.4, -0.2) is 30.8 Å². The van der Waals surface area contributed by atoms with Gasteiger partial charge in [-0.05, 0) is 47.2 Å². The quantitative estimate of drug-likeness (QED) is 0.343. The lowest BCUT2D eigenvalue weighted by Gasteiger charge is -2.09. The molecule has 168 valence electrons. The van der Waals surface area contributed by atoms with Crippen LogP contribution in [-0.2, 0) is 11.3 Å². The van der Waals surface area contributed by atoms with Gasteiger partial charge in [-0.2, -0.15) is 0 Å². The number of nitrogens with one attached hydrogen (secondary N) is 1. The Morgan fingerprint density at radius 1 is 1.18 bits per heavy atom. The number of thioether (sulfide) groups is 1. The van der Waals surface area contributed by atoms with E-state index in [1.807, 2.05) is 46.2 Å². The van der Waals surface area contributed by atoms with Crippen LogP contribution >= 0.6 is 23.1 Å². The third-order valence-corrected chi connectivity index (χ3v) is 7.09. The van der Waals surface area contributed by atoms with E-state index in [-0.39, 0.29) is 23.8 Å². The fourth-order valence-corrected chi connectivity index (χ4v) is 5.14. The van der Waals surface area contributed by atoms with E-state index in [0.717, 1.165) is 11.2 Å². The van der Waals surface area contributed by atoms with Crippen molar-refractivity contribution in [2.45, 2.75) is 31.5 Å². The van der Waals surface area contributed by atoms with Crippen molar-refractivity contribution in [2.75, 3.05) is 11.1 Å². The summed E-state index contributed by atoms with van der Waals surface area (Å²) < 4.78 is 9.40. The highest BCUT2D eigenvalue weighted by Crippen LogP contribution is 2.25. The van der Waals surface area contributed by atoms with Crippen LogP contribution in [0.15, 0.2) is 68.5 Å². The first kappa shape index (κ1) is 21.5. The summed E-state index contributed by atoms with van der Waals surface area (Å²) in [4.78, 5) is 25.6. The molecule has 0 fully saturated rings. The Bertz CT molecular complexity index is 1480. The van der Waals surface area contributed by atoms with Gasteiger partial charge in [0.05, 0.1) is 24.1 Å². The van der Waals surface area contributed by atoms with E-state index in [0.29, 0.717) is 27.3 Å². The van der Waals surface area contributed by atoms with Crippen molar-refractivity contribution in [3.05, 3.63) is 75.8 Å². The molecule has 4 aromatic heterocycles. The van der Waals surface area contributed by atoms with Crippen molar-refractivity contribution < 1.29 is 9.21 Å². The Morgan fingerprint density at radius 3 is 2.73 bits per heavy atom. The van der Waals surface area contributed by atoms with Gasteiger partial charge in [0.2, 0.25) is 11.7 Å². The second kappa shape index (κ2) is 8.87. The molecule has 1 N–H and O–H groups in total. The zero-order valence-corrected chi connectivity index (χ0v) is 19.7. The summed E-state index contributed by atoms with van der Waals surface area (Å²) in [7, 11) is 0. The smallest absolute Gasteiger partial charge is 0.273 e. The average molecular weight is 480 g/mol. The SMILES string of the molecule is CC(C)c1ccc(NC(=O)CSc2nnc3n(Cc4ccco4)c(=O)c4sccc4n23)cc1. The molecule has 1 amide bonds. The molecule has 0 bridgehead atoms. The lowest BCUT2D eigenvalue weighted by atomic mass is 10.0. The second-order valence-electron chi connectivity index (χ2n) is 7.84. The molecule has 5 aromatic rings. The van der Waals surface area contributed by atoms with E-state index in [9.17, 15) is 9.59 Å². The van der Waals surface area contributed by atoms with Crippen molar-refractivity contribution in [3.8, 4) is 0 Å². The summed E-state index contributed by atoms with van der Waals surface area (Å²) >= 11 is 2.64. The molecular formula is C23H21N5O3S2. The van der Waals surface area contributed by atoms with Crippen LogP contribution in [0, 0.1) is 0 Å². The maximum absolute atomic E-state index is 13.1. The highest BCUT2D eigenvalue weighted by atomic mass is 32.2. The molecule has 8 nitrogen and oxygen atoms in total. The summed E-state index contributed by atoms with van der Waals surface area (Å²) in [5, 5.41) is 13.9.